The van der Waals surface area contributed by atoms with Crippen molar-refractivity contribution < 1.29 is 29.5 Å². The van der Waals surface area contributed by atoms with Gasteiger partial charge in [0.25, 0.3) is 0 Å². The first-order valence-corrected chi connectivity index (χ1v) is 11.7. The molecule has 0 aromatic heterocycles. The summed E-state index contributed by atoms with van der Waals surface area (Å²) >= 11 is 0. The van der Waals surface area contributed by atoms with Crippen LogP contribution in [0.3, 0.4) is 0 Å². The maximum Gasteiger partial charge on any atom is 0.115 e. The molecule has 0 bridgehead atoms. The molecule has 0 heterocycles. The van der Waals surface area contributed by atoms with Gasteiger partial charge in [0.2, 0.25) is 0 Å². The minimum atomic E-state index is -1.37. The third-order valence-electron chi connectivity index (χ3n) is 5.60. The highest BCUT2D eigenvalue weighted by atomic mass is 16.6. The van der Waals surface area contributed by atoms with E-state index in [1.165, 1.54) is 6.08 Å². The van der Waals surface area contributed by atoms with Crippen LogP contribution in [-0.2, 0) is 34.0 Å². The van der Waals surface area contributed by atoms with Crippen LogP contribution in [0.5, 0.6) is 0 Å². The number of rotatable bonds is 15. The summed E-state index contributed by atoms with van der Waals surface area (Å²) in [5, 5.41) is 32.3. The lowest BCUT2D eigenvalue weighted by atomic mass is 9.98. The summed E-state index contributed by atoms with van der Waals surface area (Å²) in [5.74, 6) is 0. The van der Waals surface area contributed by atoms with Gasteiger partial charge in [-0.3, -0.25) is 0 Å². The molecule has 3 rings (SSSR count). The molecule has 5 atom stereocenters. The Morgan fingerprint density at radius 1 is 0.629 bits per heavy atom. The second-order valence-electron chi connectivity index (χ2n) is 8.31. The molecular weight excluding hydrogens is 444 g/mol. The van der Waals surface area contributed by atoms with Gasteiger partial charge in [0.15, 0.2) is 0 Å². The van der Waals surface area contributed by atoms with E-state index in [1.807, 2.05) is 91.0 Å². The Kier molecular flexibility index (Phi) is 11.1. The SMILES string of the molecule is C=C[C@@H](O)[C@@H](O)[C@@H](OCc1ccccc1)[C@H](OCc1ccccc1)[C@H](O)COCc1ccccc1. The quantitative estimate of drug-likeness (QED) is 0.289. The van der Waals surface area contributed by atoms with Crippen LogP contribution in [0.2, 0.25) is 0 Å². The monoisotopic (exact) mass is 478 g/mol. The van der Waals surface area contributed by atoms with Crippen molar-refractivity contribution in [3.05, 3.63) is 120 Å². The molecule has 186 valence electrons. The fourth-order valence-electron chi connectivity index (χ4n) is 3.65. The van der Waals surface area contributed by atoms with Gasteiger partial charge < -0.3 is 29.5 Å². The molecular formula is C29H34O6. The average molecular weight is 479 g/mol. The first kappa shape index (κ1) is 26.8. The summed E-state index contributed by atoms with van der Waals surface area (Å²) < 4.78 is 17.9. The van der Waals surface area contributed by atoms with E-state index >= 15 is 0 Å². The van der Waals surface area contributed by atoms with Crippen molar-refractivity contribution >= 4 is 0 Å². The zero-order chi connectivity index (χ0) is 24.9. The van der Waals surface area contributed by atoms with Gasteiger partial charge in [0.1, 0.15) is 30.5 Å². The van der Waals surface area contributed by atoms with E-state index in [0.717, 1.165) is 16.7 Å². The Balaban J connectivity index is 1.76. The molecule has 3 N–H and O–H groups in total. The number of aliphatic hydroxyl groups excluding tert-OH is 3. The highest BCUT2D eigenvalue weighted by Crippen LogP contribution is 2.21. The van der Waals surface area contributed by atoms with Crippen LogP contribution < -0.4 is 0 Å². The zero-order valence-corrected chi connectivity index (χ0v) is 19.7. The lowest BCUT2D eigenvalue weighted by Gasteiger charge is -2.35. The summed E-state index contributed by atoms with van der Waals surface area (Å²) in [6.07, 6.45) is -4.58. The van der Waals surface area contributed by atoms with Crippen LogP contribution in [-0.4, -0.2) is 52.4 Å². The van der Waals surface area contributed by atoms with E-state index < -0.39 is 30.5 Å². The fourth-order valence-corrected chi connectivity index (χ4v) is 3.65. The maximum atomic E-state index is 11.1. The molecule has 0 unspecified atom stereocenters. The van der Waals surface area contributed by atoms with Gasteiger partial charge in [-0.2, -0.15) is 0 Å². The lowest BCUT2D eigenvalue weighted by Crippen LogP contribution is -2.52. The molecule has 6 nitrogen and oxygen atoms in total. The first-order valence-electron chi connectivity index (χ1n) is 11.7. The van der Waals surface area contributed by atoms with Crippen LogP contribution in [0, 0.1) is 0 Å². The van der Waals surface area contributed by atoms with Crippen LogP contribution >= 0.6 is 0 Å². The molecule has 0 amide bonds. The Morgan fingerprint density at radius 2 is 1.06 bits per heavy atom. The van der Waals surface area contributed by atoms with E-state index in [2.05, 4.69) is 6.58 Å². The minimum Gasteiger partial charge on any atom is -0.388 e. The van der Waals surface area contributed by atoms with Crippen molar-refractivity contribution in [3.8, 4) is 0 Å². The molecule has 0 saturated carbocycles. The van der Waals surface area contributed by atoms with Crippen molar-refractivity contribution in [1.82, 2.24) is 0 Å². The van der Waals surface area contributed by atoms with Gasteiger partial charge >= 0.3 is 0 Å². The predicted molar refractivity (Wildman–Crippen MR) is 134 cm³/mol. The summed E-state index contributed by atoms with van der Waals surface area (Å²) in [6.45, 7) is 4.19. The molecule has 0 aliphatic heterocycles. The molecule has 0 aliphatic carbocycles. The summed E-state index contributed by atoms with van der Waals surface area (Å²) in [6, 6.07) is 28.6. The van der Waals surface area contributed by atoms with Crippen LogP contribution in [0.25, 0.3) is 0 Å². The molecule has 0 fully saturated rings. The van der Waals surface area contributed by atoms with Gasteiger partial charge in [-0.05, 0) is 16.7 Å². The standard InChI is InChI=1S/C29H34O6/c1-2-25(30)27(32)29(35-20-24-16-10-5-11-17-24)28(34-19-23-14-8-4-9-15-23)26(31)21-33-18-22-12-6-3-7-13-22/h2-17,25-32H,1,18-21H2/t25-,26-,27-,28-,29-/m1/s1. The Morgan fingerprint density at radius 3 is 1.51 bits per heavy atom. The van der Waals surface area contributed by atoms with Crippen LogP contribution in [0.15, 0.2) is 104 Å². The maximum absolute atomic E-state index is 11.1. The Labute approximate surface area is 207 Å². The van der Waals surface area contributed by atoms with Gasteiger partial charge in [-0.1, -0.05) is 97.1 Å². The lowest BCUT2D eigenvalue weighted by molar-refractivity contribution is -0.187. The van der Waals surface area contributed by atoms with Gasteiger partial charge in [0, 0.05) is 0 Å². The van der Waals surface area contributed by atoms with E-state index in [1.54, 1.807) is 0 Å². The van der Waals surface area contributed by atoms with Gasteiger partial charge in [0.05, 0.1) is 26.4 Å². The van der Waals surface area contributed by atoms with Crippen molar-refractivity contribution in [2.45, 2.75) is 50.3 Å². The van der Waals surface area contributed by atoms with E-state index in [0.29, 0.717) is 6.61 Å². The first-order chi connectivity index (χ1) is 17.1. The largest absolute Gasteiger partial charge is 0.388 e. The summed E-state index contributed by atoms with van der Waals surface area (Å²) in [7, 11) is 0. The predicted octanol–water partition coefficient (Wildman–Crippen LogP) is 3.64. The highest BCUT2D eigenvalue weighted by Gasteiger charge is 2.38. The third kappa shape index (κ3) is 8.71. The Bertz CT molecular complexity index is 966. The van der Waals surface area contributed by atoms with Crippen molar-refractivity contribution in [3.63, 3.8) is 0 Å². The van der Waals surface area contributed by atoms with Crippen molar-refractivity contribution in [2.75, 3.05) is 6.61 Å². The average Bonchev–Trinajstić information content (AvgIpc) is 2.91. The number of ether oxygens (including phenoxy) is 3. The minimum absolute atomic E-state index is 0.0452. The highest BCUT2D eigenvalue weighted by molar-refractivity contribution is 5.15. The molecule has 0 aliphatic rings. The van der Waals surface area contributed by atoms with Crippen molar-refractivity contribution in [1.29, 1.82) is 0 Å². The van der Waals surface area contributed by atoms with Crippen LogP contribution in [0.1, 0.15) is 16.7 Å². The second kappa shape index (κ2) is 14.5. The zero-order valence-electron chi connectivity index (χ0n) is 19.7. The normalized spacial score (nSPS) is 15.6. The molecule has 0 spiro atoms. The molecule has 3 aromatic rings. The molecule has 35 heavy (non-hydrogen) atoms. The second-order valence-corrected chi connectivity index (χ2v) is 8.31. The Hall–Kier alpha value is -2.84. The smallest absolute Gasteiger partial charge is 0.115 e. The van der Waals surface area contributed by atoms with E-state index in [9.17, 15) is 15.3 Å². The molecule has 0 saturated heterocycles. The molecule has 6 heteroatoms. The summed E-state index contributed by atoms with van der Waals surface area (Å²) in [5.41, 5.74) is 2.75. The third-order valence-corrected chi connectivity index (χ3v) is 5.60. The van der Waals surface area contributed by atoms with Gasteiger partial charge in [-0.15, -0.1) is 6.58 Å². The number of hydrogen-bond donors (Lipinski definition) is 3. The van der Waals surface area contributed by atoms with Gasteiger partial charge in [-0.25, -0.2) is 0 Å². The summed E-state index contributed by atoms with van der Waals surface area (Å²) in [4.78, 5) is 0. The van der Waals surface area contributed by atoms with E-state index in [-0.39, 0.29) is 19.8 Å². The van der Waals surface area contributed by atoms with Crippen molar-refractivity contribution in [2.24, 2.45) is 0 Å². The number of benzene rings is 3. The number of hydrogen-bond acceptors (Lipinski definition) is 6. The molecule has 0 radical (unpaired) electrons. The van der Waals surface area contributed by atoms with E-state index in [4.69, 9.17) is 14.2 Å². The molecule has 3 aromatic carbocycles. The number of aliphatic hydroxyl groups is 3. The van der Waals surface area contributed by atoms with Crippen LogP contribution in [0.4, 0.5) is 0 Å². The fraction of sp³-hybridized carbons (Fsp3) is 0.310. The topological polar surface area (TPSA) is 88.4 Å².